The number of nitrogens with one attached hydrogen (secondary N) is 1. The molecular weight excluding hydrogens is 372 g/mol. The monoisotopic (exact) mass is 397 g/mol. The molecule has 1 heterocycles. The van der Waals surface area contributed by atoms with E-state index in [-0.39, 0.29) is 0 Å². The van der Waals surface area contributed by atoms with Crippen LogP contribution in [0.5, 0.6) is 5.75 Å². The third-order valence-corrected chi connectivity index (χ3v) is 7.36. The van der Waals surface area contributed by atoms with Crippen LogP contribution in [0.1, 0.15) is 5.56 Å². The van der Waals surface area contributed by atoms with Crippen LogP contribution < -0.4 is 9.64 Å². The van der Waals surface area contributed by atoms with Crippen LogP contribution in [0, 0.1) is 0 Å². The quantitative estimate of drug-likeness (QED) is 0.716. The molecule has 0 aliphatic carbocycles. The van der Waals surface area contributed by atoms with E-state index in [1.807, 2.05) is 0 Å². The molecule has 1 aliphatic rings. The van der Waals surface area contributed by atoms with Crippen molar-refractivity contribution in [1.82, 2.24) is 4.31 Å². The van der Waals surface area contributed by atoms with E-state index in [2.05, 4.69) is 42.5 Å². The summed E-state index contributed by atoms with van der Waals surface area (Å²) in [6.07, 6.45) is 0. The summed E-state index contributed by atoms with van der Waals surface area (Å²) < 4.78 is 32.5. The molecule has 1 saturated heterocycles. The Bertz CT molecular complexity index is 1050. The summed E-state index contributed by atoms with van der Waals surface area (Å²) in [4.78, 5) is 1.74. The van der Waals surface area contributed by atoms with Gasteiger partial charge in [-0.15, -0.1) is 0 Å². The maximum Gasteiger partial charge on any atom is 0.243 e. The minimum Gasteiger partial charge on any atom is -0.497 e. The van der Waals surface area contributed by atoms with Gasteiger partial charge in [-0.3, -0.25) is 0 Å². The van der Waals surface area contributed by atoms with Gasteiger partial charge >= 0.3 is 0 Å². The largest absolute Gasteiger partial charge is 0.497 e. The van der Waals surface area contributed by atoms with Crippen molar-refractivity contribution in [1.29, 1.82) is 0 Å². The molecule has 6 heteroatoms. The van der Waals surface area contributed by atoms with Gasteiger partial charge in [0.2, 0.25) is 10.0 Å². The highest BCUT2D eigenvalue weighted by Crippen LogP contribution is 2.20. The second kappa shape index (κ2) is 7.91. The molecule has 3 aromatic carbocycles. The topological polar surface area (TPSA) is 51.1 Å². The maximum atomic E-state index is 12.9. The summed E-state index contributed by atoms with van der Waals surface area (Å²) >= 11 is 0. The molecule has 0 saturated carbocycles. The molecular formula is C22H25N2O3S+. The summed E-state index contributed by atoms with van der Waals surface area (Å²) in [6, 6.07) is 21.4. The van der Waals surface area contributed by atoms with Crippen molar-refractivity contribution in [3.8, 4) is 5.75 Å². The Morgan fingerprint density at radius 1 is 0.929 bits per heavy atom. The smallest absolute Gasteiger partial charge is 0.243 e. The van der Waals surface area contributed by atoms with E-state index >= 15 is 0 Å². The fourth-order valence-corrected chi connectivity index (χ4v) is 5.27. The molecule has 0 unspecified atom stereocenters. The Kier molecular flexibility index (Phi) is 5.35. The van der Waals surface area contributed by atoms with E-state index in [0.29, 0.717) is 23.7 Å². The van der Waals surface area contributed by atoms with Crippen molar-refractivity contribution < 1.29 is 18.1 Å². The minimum atomic E-state index is -3.45. The molecule has 4 rings (SSSR count). The highest BCUT2D eigenvalue weighted by atomic mass is 32.2. The van der Waals surface area contributed by atoms with Gasteiger partial charge in [0, 0.05) is 5.56 Å². The molecule has 0 radical (unpaired) electrons. The van der Waals surface area contributed by atoms with E-state index in [4.69, 9.17) is 4.74 Å². The number of rotatable bonds is 5. The molecule has 146 valence electrons. The van der Waals surface area contributed by atoms with Crippen molar-refractivity contribution >= 4 is 20.8 Å². The summed E-state index contributed by atoms with van der Waals surface area (Å²) in [6.45, 7) is 3.60. The fourth-order valence-electron chi connectivity index (χ4n) is 3.83. The zero-order valence-electron chi connectivity index (χ0n) is 16.0. The van der Waals surface area contributed by atoms with E-state index in [1.165, 1.54) is 21.2 Å². The van der Waals surface area contributed by atoms with E-state index in [1.54, 1.807) is 35.7 Å². The highest BCUT2D eigenvalue weighted by molar-refractivity contribution is 7.89. The highest BCUT2D eigenvalue weighted by Gasteiger charge is 2.30. The van der Waals surface area contributed by atoms with Crippen LogP contribution >= 0.6 is 0 Å². The summed E-state index contributed by atoms with van der Waals surface area (Å²) in [5.41, 5.74) is 1.32. The molecule has 1 aliphatic heterocycles. The Labute approximate surface area is 166 Å². The predicted molar refractivity (Wildman–Crippen MR) is 110 cm³/mol. The van der Waals surface area contributed by atoms with Gasteiger partial charge in [0.25, 0.3) is 0 Å². The maximum absolute atomic E-state index is 12.9. The zero-order chi connectivity index (χ0) is 19.6. The van der Waals surface area contributed by atoms with E-state index in [9.17, 15) is 8.42 Å². The van der Waals surface area contributed by atoms with Gasteiger partial charge in [0.15, 0.2) is 0 Å². The molecule has 1 N–H and O–H groups in total. The second-order valence-electron chi connectivity index (χ2n) is 7.14. The minimum absolute atomic E-state index is 0.325. The SMILES string of the molecule is COc1ccc(S(=O)(=O)N2CC[NH+](Cc3cccc4ccccc34)CC2)cc1. The van der Waals surface area contributed by atoms with Crippen LogP contribution in [0.4, 0.5) is 0 Å². The number of hydrogen-bond acceptors (Lipinski definition) is 3. The lowest BCUT2D eigenvalue weighted by atomic mass is 10.0. The molecule has 28 heavy (non-hydrogen) atoms. The Hall–Kier alpha value is -2.41. The first-order valence-electron chi connectivity index (χ1n) is 9.52. The number of methoxy groups -OCH3 is 1. The predicted octanol–water partition coefficient (Wildman–Crippen LogP) is 1.94. The van der Waals surface area contributed by atoms with Gasteiger partial charge in [-0.05, 0) is 35.0 Å². The fraction of sp³-hybridized carbons (Fsp3) is 0.273. The Morgan fingerprint density at radius 2 is 1.61 bits per heavy atom. The number of hydrogen-bond donors (Lipinski definition) is 1. The average Bonchev–Trinajstić information content (AvgIpc) is 2.74. The third kappa shape index (κ3) is 3.76. The second-order valence-corrected chi connectivity index (χ2v) is 9.08. The Morgan fingerprint density at radius 3 is 2.32 bits per heavy atom. The number of fused-ring (bicyclic) bond motifs is 1. The number of ether oxygens (including phenoxy) is 1. The van der Waals surface area contributed by atoms with Crippen molar-refractivity contribution in [2.24, 2.45) is 0 Å². The van der Waals surface area contributed by atoms with Crippen molar-refractivity contribution in [2.75, 3.05) is 33.3 Å². The molecule has 0 atom stereocenters. The average molecular weight is 398 g/mol. The van der Waals surface area contributed by atoms with Crippen LogP contribution in [0.15, 0.2) is 71.6 Å². The van der Waals surface area contributed by atoms with Crippen LogP contribution in [-0.4, -0.2) is 46.0 Å². The number of nitrogens with zero attached hydrogens (tertiary/aromatic N) is 1. The van der Waals surface area contributed by atoms with Gasteiger partial charge in [0.05, 0.1) is 38.2 Å². The van der Waals surface area contributed by atoms with Gasteiger partial charge < -0.3 is 9.64 Å². The molecule has 1 fully saturated rings. The van der Waals surface area contributed by atoms with Crippen molar-refractivity contribution in [3.05, 3.63) is 72.3 Å². The molecule has 0 aromatic heterocycles. The van der Waals surface area contributed by atoms with Crippen LogP contribution in [0.2, 0.25) is 0 Å². The third-order valence-electron chi connectivity index (χ3n) is 5.45. The first-order chi connectivity index (χ1) is 13.6. The van der Waals surface area contributed by atoms with Gasteiger partial charge in [-0.25, -0.2) is 8.42 Å². The van der Waals surface area contributed by atoms with Gasteiger partial charge in [0.1, 0.15) is 12.3 Å². The van der Waals surface area contributed by atoms with Gasteiger partial charge in [-0.1, -0.05) is 42.5 Å². The molecule has 0 spiro atoms. The summed E-state index contributed by atoms with van der Waals surface area (Å²) in [5.74, 6) is 0.656. The van der Waals surface area contributed by atoms with E-state index in [0.717, 1.165) is 19.6 Å². The lowest BCUT2D eigenvalue weighted by Gasteiger charge is -2.31. The van der Waals surface area contributed by atoms with Crippen LogP contribution in [0.25, 0.3) is 10.8 Å². The number of benzene rings is 3. The Balaban J connectivity index is 1.44. The normalized spacial score (nSPS) is 16.3. The van der Waals surface area contributed by atoms with Crippen molar-refractivity contribution in [2.45, 2.75) is 11.4 Å². The van der Waals surface area contributed by atoms with Crippen molar-refractivity contribution in [3.63, 3.8) is 0 Å². The first kappa shape index (κ1) is 18.9. The summed E-state index contributed by atoms with van der Waals surface area (Å²) in [7, 11) is -1.88. The van der Waals surface area contributed by atoms with Crippen LogP contribution in [0.3, 0.4) is 0 Å². The lowest BCUT2D eigenvalue weighted by Crippen LogP contribution is -3.13. The molecule has 0 bridgehead atoms. The molecule has 3 aromatic rings. The number of quaternary nitrogens is 1. The number of piperazine rings is 1. The summed E-state index contributed by atoms with van der Waals surface area (Å²) in [5, 5.41) is 2.53. The number of sulfonamides is 1. The zero-order valence-corrected chi connectivity index (χ0v) is 16.8. The standard InChI is InChI=1S/C22H24N2O3S/c1-27-20-9-11-21(12-10-20)28(25,26)24-15-13-23(14-16-24)17-19-7-4-6-18-5-2-3-8-22(18)19/h2-12H,13-17H2,1H3/p+1. The molecule has 0 amide bonds. The van der Waals surface area contributed by atoms with E-state index < -0.39 is 10.0 Å². The first-order valence-corrected chi connectivity index (χ1v) is 11.0. The van der Waals surface area contributed by atoms with Gasteiger partial charge in [-0.2, -0.15) is 4.31 Å². The van der Waals surface area contributed by atoms with Crippen LogP contribution in [-0.2, 0) is 16.6 Å². The molecule has 5 nitrogen and oxygen atoms in total. The lowest BCUT2D eigenvalue weighted by molar-refractivity contribution is -0.917.